The number of allylic oxidation sites excluding steroid dienone is 6. The van der Waals surface area contributed by atoms with Gasteiger partial charge in [0.2, 0.25) is 0 Å². The topological polar surface area (TPSA) is 55.4 Å². The summed E-state index contributed by atoms with van der Waals surface area (Å²) in [7, 11) is 0. The lowest BCUT2D eigenvalue weighted by atomic mass is 10.1. The van der Waals surface area contributed by atoms with Crippen molar-refractivity contribution in [2.75, 3.05) is 13.2 Å². The first-order chi connectivity index (χ1) is 18.7. The molecule has 0 saturated heterocycles. The van der Waals surface area contributed by atoms with Crippen molar-refractivity contribution in [2.45, 2.75) is 77.0 Å². The van der Waals surface area contributed by atoms with E-state index in [0.29, 0.717) is 13.0 Å². The summed E-state index contributed by atoms with van der Waals surface area (Å²) in [6, 6.07) is 20.6. The Hall–Kier alpha value is -3.40. The SMILES string of the molecule is O=C(COC(=O)CCCCCCCC=CCC=CCC=CCCc1ccccc1)NCCc1ccccc1. The Balaban J connectivity index is 1.33. The molecule has 0 aliphatic carbocycles. The van der Waals surface area contributed by atoms with Gasteiger partial charge < -0.3 is 10.1 Å². The highest BCUT2D eigenvalue weighted by molar-refractivity contribution is 5.80. The average Bonchev–Trinajstić information content (AvgIpc) is 2.94. The van der Waals surface area contributed by atoms with E-state index in [1.54, 1.807) is 0 Å². The van der Waals surface area contributed by atoms with E-state index in [0.717, 1.165) is 57.8 Å². The third kappa shape index (κ3) is 17.1. The molecule has 0 radical (unpaired) electrons. The highest BCUT2D eigenvalue weighted by Crippen LogP contribution is 2.09. The molecule has 2 aromatic rings. The molecule has 0 bridgehead atoms. The number of hydrogen-bond donors (Lipinski definition) is 1. The zero-order valence-corrected chi connectivity index (χ0v) is 22.9. The molecule has 2 rings (SSSR count). The van der Waals surface area contributed by atoms with E-state index in [1.807, 2.05) is 30.3 Å². The van der Waals surface area contributed by atoms with Gasteiger partial charge in [0, 0.05) is 13.0 Å². The minimum absolute atomic E-state index is 0.194. The summed E-state index contributed by atoms with van der Waals surface area (Å²) >= 11 is 0. The van der Waals surface area contributed by atoms with Gasteiger partial charge in [0.25, 0.3) is 5.91 Å². The molecule has 4 nitrogen and oxygen atoms in total. The number of carbonyl (C=O) groups excluding carboxylic acids is 2. The second kappa shape index (κ2) is 21.7. The molecule has 0 fully saturated rings. The van der Waals surface area contributed by atoms with E-state index in [-0.39, 0.29) is 18.5 Å². The van der Waals surface area contributed by atoms with Gasteiger partial charge in [-0.05, 0) is 62.5 Å². The highest BCUT2D eigenvalue weighted by Gasteiger charge is 2.07. The maximum Gasteiger partial charge on any atom is 0.306 e. The van der Waals surface area contributed by atoms with E-state index in [9.17, 15) is 9.59 Å². The molecule has 0 atom stereocenters. The van der Waals surface area contributed by atoms with Gasteiger partial charge in [-0.25, -0.2) is 0 Å². The number of rotatable bonds is 20. The summed E-state index contributed by atoms with van der Waals surface area (Å²) in [5.74, 6) is -0.536. The summed E-state index contributed by atoms with van der Waals surface area (Å²) in [5.41, 5.74) is 2.56. The van der Waals surface area contributed by atoms with Gasteiger partial charge in [-0.15, -0.1) is 0 Å². The standard InChI is InChI=1S/C34H45NO3/c36-33(35-29-28-32-25-19-15-20-26-32)30-38-34(37)27-21-13-11-9-7-5-3-1-2-4-6-8-10-12-16-22-31-23-17-14-18-24-31/h1,3-4,6,10,12,14-15,17-20,23-26H,2,5,7-9,11,13,16,21-22,27-30H2,(H,35,36). The van der Waals surface area contributed by atoms with Crippen LogP contribution in [-0.4, -0.2) is 25.0 Å². The summed E-state index contributed by atoms with van der Waals surface area (Å²) in [4.78, 5) is 23.6. The Morgan fingerprint density at radius 2 is 1.18 bits per heavy atom. The van der Waals surface area contributed by atoms with E-state index < -0.39 is 0 Å². The number of unbranched alkanes of at least 4 members (excludes halogenated alkanes) is 5. The monoisotopic (exact) mass is 515 g/mol. The van der Waals surface area contributed by atoms with Gasteiger partial charge in [0.15, 0.2) is 6.61 Å². The quantitative estimate of drug-likeness (QED) is 0.112. The fourth-order valence-corrected chi connectivity index (χ4v) is 3.99. The molecule has 0 aromatic heterocycles. The molecule has 0 aliphatic rings. The maximum absolute atomic E-state index is 11.8. The largest absolute Gasteiger partial charge is 0.456 e. The molecular weight excluding hydrogens is 470 g/mol. The molecule has 0 unspecified atom stereocenters. The van der Waals surface area contributed by atoms with Crippen molar-refractivity contribution in [3.63, 3.8) is 0 Å². The molecule has 2 aromatic carbocycles. The van der Waals surface area contributed by atoms with Crippen LogP contribution in [-0.2, 0) is 27.2 Å². The highest BCUT2D eigenvalue weighted by atomic mass is 16.5. The lowest BCUT2D eigenvalue weighted by molar-refractivity contribution is -0.148. The van der Waals surface area contributed by atoms with Crippen LogP contribution in [0.3, 0.4) is 0 Å². The number of ether oxygens (including phenoxy) is 1. The van der Waals surface area contributed by atoms with Crippen LogP contribution in [0, 0.1) is 0 Å². The molecule has 0 heterocycles. The molecule has 0 saturated carbocycles. The molecule has 4 heteroatoms. The van der Waals surface area contributed by atoms with Crippen molar-refractivity contribution in [1.82, 2.24) is 5.32 Å². The summed E-state index contributed by atoms with van der Waals surface area (Å²) in [6.07, 6.45) is 25.2. The molecule has 1 amide bonds. The first-order valence-electron chi connectivity index (χ1n) is 14.2. The Kier molecular flexibility index (Phi) is 17.6. The first kappa shape index (κ1) is 30.8. The molecular formula is C34H45NO3. The third-order valence-electron chi connectivity index (χ3n) is 6.18. The number of amides is 1. The van der Waals surface area contributed by atoms with Gasteiger partial charge in [-0.2, -0.15) is 0 Å². The maximum atomic E-state index is 11.8. The predicted octanol–water partition coefficient (Wildman–Crippen LogP) is 7.70. The molecule has 0 aliphatic heterocycles. The normalized spacial score (nSPS) is 11.5. The fourth-order valence-electron chi connectivity index (χ4n) is 3.99. The number of nitrogens with one attached hydrogen (secondary N) is 1. The Morgan fingerprint density at radius 1 is 0.632 bits per heavy atom. The molecule has 38 heavy (non-hydrogen) atoms. The van der Waals surface area contributed by atoms with E-state index >= 15 is 0 Å². The summed E-state index contributed by atoms with van der Waals surface area (Å²) in [6.45, 7) is 0.348. The molecule has 204 valence electrons. The minimum atomic E-state index is -0.290. The fraction of sp³-hybridized carbons (Fsp3) is 0.412. The lowest BCUT2D eigenvalue weighted by Gasteiger charge is -2.07. The van der Waals surface area contributed by atoms with Crippen LogP contribution >= 0.6 is 0 Å². The van der Waals surface area contributed by atoms with E-state index in [1.165, 1.54) is 24.0 Å². The van der Waals surface area contributed by atoms with Crippen LogP contribution in [0.25, 0.3) is 0 Å². The Bertz CT molecular complexity index is 964. The number of benzene rings is 2. The number of esters is 1. The van der Waals surface area contributed by atoms with Gasteiger partial charge in [0.05, 0.1) is 0 Å². The van der Waals surface area contributed by atoms with Crippen molar-refractivity contribution in [2.24, 2.45) is 0 Å². The second-order valence-electron chi connectivity index (χ2n) is 9.46. The Labute approximate surface area is 229 Å². The smallest absolute Gasteiger partial charge is 0.306 e. The zero-order valence-electron chi connectivity index (χ0n) is 22.9. The van der Waals surface area contributed by atoms with Crippen LogP contribution in [0.5, 0.6) is 0 Å². The Morgan fingerprint density at radius 3 is 1.87 bits per heavy atom. The van der Waals surface area contributed by atoms with Crippen LogP contribution in [0.1, 0.15) is 75.3 Å². The number of carbonyl (C=O) groups is 2. The average molecular weight is 516 g/mol. The van der Waals surface area contributed by atoms with Crippen molar-refractivity contribution in [3.05, 3.63) is 108 Å². The molecule has 1 N–H and O–H groups in total. The number of aryl methyl sites for hydroxylation is 1. The van der Waals surface area contributed by atoms with Gasteiger partial charge in [0.1, 0.15) is 0 Å². The number of hydrogen-bond acceptors (Lipinski definition) is 3. The van der Waals surface area contributed by atoms with Crippen LogP contribution in [0.15, 0.2) is 97.1 Å². The first-order valence-corrected chi connectivity index (χ1v) is 14.2. The van der Waals surface area contributed by atoms with Crippen LogP contribution in [0.4, 0.5) is 0 Å². The van der Waals surface area contributed by atoms with E-state index in [2.05, 4.69) is 72.1 Å². The predicted molar refractivity (Wildman–Crippen MR) is 158 cm³/mol. The van der Waals surface area contributed by atoms with Gasteiger partial charge in [-0.1, -0.05) is 116 Å². The summed E-state index contributed by atoms with van der Waals surface area (Å²) < 4.78 is 5.08. The minimum Gasteiger partial charge on any atom is -0.456 e. The van der Waals surface area contributed by atoms with Crippen LogP contribution in [0.2, 0.25) is 0 Å². The van der Waals surface area contributed by atoms with E-state index in [4.69, 9.17) is 4.74 Å². The van der Waals surface area contributed by atoms with Crippen molar-refractivity contribution in [1.29, 1.82) is 0 Å². The van der Waals surface area contributed by atoms with Gasteiger partial charge in [-0.3, -0.25) is 9.59 Å². The third-order valence-corrected chi connectivity index (χ3v) is 6.18. The lowest BCUT2D eigenvalue weighted by Crippen LogP contribution is -2.30. The zero-order chi connectivity index (χ0) is 26.9. The van der Waals surface area contributed by atoms with Crippen molar-refractivity contribution in [3.8, 4) is 0 Å². The van der Waals surface area contributed by atoms with Crippen molar-refractivity contribution >= 4 is 11.9 Å². The second-order valence-corrected chi connectivity index (χ2v) is 9.46. The molecule has 0 spiro atoms. The van der Waals surface area contributed by atoms with Crippen molar-refractivity contribution < 1.29 is 14.3 Å². The van der Waals surface area contributed by atoms with Crippen LogP contribution < -0.4 is 5.32 Å². The van der Waals surface area contributed by atoms with Gasteiger partial charge >= 0.3 is 5.97 Å². The summed E-state index contributed by atoms with van der Waals surface area (Å²) in [5, 5.41) is 2.79.